The quantitative estimate of drug-likeness (QED) is 0.765. The fraction of sp³-hybridized carbons (Fsp3) is 0.357. The molecule has 1 aromatic rings. The van der Waals surface area contributed by atoms with Gasteiger partial charge in [-0.2, -0.15) is 13.2 Å². The molecule has 126 valence electrons. The molecule has 1 aromatic carbocycles. The molecule has 0 radical (unpaired) electrons. The number of likely N-dealkylation sites (N-methyl/N-ethyl adjacent to an activating group) is 1. The number of esters is 1. The molecule has 0 aliphatic heterocycles. The Morgan fingerprint density at radius 2 is 1.65 bits per heavy atom. The number of ether oxygens (including phenoxy) is 1. The van der Waals surface area contributed by atoms with Crippen LogP contribution in [0.1, 0.15) is 22.8 Å². The molecule has 0 unspecified atom stereocenters. The maximum absolute atomic E-state index is 12.4. The second-order valence-corrected chi connectivity index (χ2v) is 4.38. The highest BCUT2D eigenvalue weighted by molar-refractivity contribution is 5.92. The average molecular weight is 332 g/mol. The van der Waals surface area contributed by atoms with Crippen LogP contribution in [0.4, 0.5) is 13.2 Å². The largest absolute Gasteiger partial charge is 0.452 e. The van der Waals surface area contributed by atoms with Crippen molar-refractivity contribution in [3.63, 3.8) is 0 Å². The Balaban J connectivity index is 2.44. The lowest BCUT2D eigenvalue weighted by atomic mass is 10.1. The van der Waals surface area contributed by atoms with E-state index in [4.69, 9.17) is 0 Å². The second-order valence-electron chi connectivity index (χ2n) is 4.38. The molecule has 0 aliphatic rings. The Hall–Kier alpha value is -2.58. The monoisotopic (exact) mass is 332 g/mol. The molecule has 0 heterocycles. The van der Waals surface area contributed by atoms with E-state index in [0.717, 1.165) is 24.3 Å². The lowest BCUT2D eigenvalue weighted by molar-refractivity contribution is -0.137. The van der Waals surface area contributed by atoms with Crippen molar-refractivity contribution in [2.75, 3.05) is 19.7 Å². The number of carbonyl (C=O) groups is 3. The van der Waals surface area contributed by atoms with Crippen LogP contribution in [0, 0.1) is 0 Å². The normalized spacial score (nSPS) is 10.8. The summed E-state index contributed by atoms with van der Waals surface area (Å²) in [6.07, 6.45) is -4.50. The lowest BCUT2D eigenvalue weighted by Crippen LogP contribution is -2.38. The van der Waals surface area contributed by atoms with Crippen LogP contribution in [0.25, 0.3) is 0 Å². The van der Waals surface area contributed by atoms with Crippen molar-refractivity contribution in [3.8, 4) is 0 Å². The molecule has 23 heavy (non-hydrogen) atoms. The highest BCUT2D eigenvalue weighted by Crippen LogP contribution is 2.29. The summed E-state index contributed by atoms with van der Waals surface area (Å²) in [6.45, 7) is 1.23. The third-order valence-electron chi connectivity index (χ3n) is 2.60. The summed E-state index contributed by atoms with van der Waals surface area (Å²) >= 11 is 0. The maximum Gasteiger partial charge on any atom is 0.416 e. The Bertz CT molecular complexity index is 570. The first-order chi connectivity index (χ1) is 10.7. The number of amides is 2. The van der Waals surface area contributed by atoms with Crippen LogP contribution in [-0.4, -0.2) is 37.5 Å². The predicted octanol–water partition coefficient (Wildman–Crippen LogP) is 1.11. The van der Waals surface area contributed by atoms with Gasteiger partial charge >= 0.3 is 12.1 Å². The van der Waals surface area contributed by atoms with E-state index in [2.05, 4.69) is 15.4 Å². The molecule has 1 rings (SSSR count). The fourth-order valence-electron chi connectivity index (χ4n) is 1.50. The number of rotatable bonds is 6. The van der Waals surface area contributed by atoms with E-state index in [9.17, 15) is 27.6 Å². The zero-order valence-corrected chi connectivity index (χ0v) is 12.2. The lowest BCUT2D eigenvalue weighted by Gasteiger charge is -2.08. The smallest absolute Gasteiger partial charge is 0.416 e. The molecule has 0 spiro atoms. The molecule has 2 amide bonds. The Morgan fingerprint density at radius 1 is 1.04 bits per heavy atom. The minimum atomic E-state index is -4.50. The van der Waals surface area contributed by atoms with Gasteiger partial charge in [0.1, 0.15) is 0 Å². The fourth-order valence-corrected chi connectivity index (χ4v) is 1.50. The summed E-state index contributed by atoms with van der Waals surface area (Å²) in [5, 5.41) is 4.68. The molecule has 0 atom stereocenters. The number of alkyl halides is 3. The van der Waals surface area contributed by atoms with E-state index < -0.39 is 36.1 Å². The molecule has 0 saturated carbocycles. The van der Waals surface area contributed by atoms with Gasteiger partial charge in [0.15, 0.2) is 6.61 Å². The van der Waals surface area contributed by atoms with E-state index in [1.54, 1.807) is 6.92 Å². The molecule has 0 aliphatic carbocycles. The molecule has 0 saturated heterocycles. The van der Waals surface area contributed by atoms with Gasteiger partial charge in [0.25, 0.3) is 5.91 Å². The molecule has 9 heteroatoms. The summed E-state index contributed by atoms with van der Waals surface area (Å²) < 4.78 is 41.8. The number of benzene rings is 1. The zero-order chi connectivity index (χ0) is 17.5. The third-order valence-corrected chi connectivity index (χ3v) is 2.60. The van der Waals surface area contributed by atoms with Gasteiger partial charge in [-0.05, 0) is 31.2 Å². The maximum atomic E-state index is 12.4. The first-order valence-electron chi connectivity index (χ1n) is 6.61. The van der Waals surface area contributed by atoms with Gasteiger partial charge in [-0.1, -0.05) is 0 Å². The van der Waals surface area contributed by atoms with Crippen LogP contribution in [0.15, 0.2) is 24.3 Å². The van der Waals surface area contributed by atoms with Gasteiger partial charge in [0.05, 0.1) is 17.7 Å². The average Bonchev–Trinajstić information content (AvgIpc) is 2.50. The van der Waals surface area contributed by atoms with Crippen LogP contribution >= 0.6 is 0 Å². The molecule has 0 fully saturated rings. The van der Waals surface area contributed by atoms with Crippen LogP contribution in [0.2, 0.25) is 0 Å². The summed E-state index contributed by atoms with van der Waals surface area (Å²) in [6, 6.07) is 3.40. The van der Waals surface area contributed by atoms with Crippen LogP contribution < -0.4 is 10.6 Å². The predicted molar refractivity (Wildman–Crippen MR) is 73.4 cm³/mol. The van der Waals surface area contributed by atoms with Crippen molar-refractivity contribution in [3.05, 3.63) is 35.4 Å². The van der Waals surface area contributed by atoms with Crippen molar-refractivity contribution < 1.29 is 32.3 Å². The van der Waals surface area contributed by atoms with Gasteiger partial charge in [0, 0.05) is 6.54 Å². The van der Waals surface area contributed by atoms with Crippen molar-refractivity contribution in [2.24, 2.45) is 0 Å². The number of nitrogens with one attached hydrogen (secondary N) is 2. The summed E-state index contributed by atoms with van der Waals surface area (Å²) in [5.74, 6) is -2.03. The van der Waals surface area contributed by atoms with Gasteiger partial charge in [-0.3, -0.25) is 9.59 Å². The zero-order valence-electron chi connectivity index (χ0n) is 12.2. The van der Waals surface area contributed by atoms with Gasteiger partial charge in [-0.15, -0.1) is 0 Å². The van der Waals surface area contributed by atoms with Crippen LogP contribution in [-0.2, 0) is 20.5 Å². The van der Waals surface area contributed by atoms with Crippen LogP contribution in [0.3, 0.4) is 0 Å². The number of carbonyl (C=O) groups excluding carboxylic acids is 3. The van der Waals surface area contributed by atoms with Crippen molar-refractivity contribution >= 4 is 17.8 Å². The van der Waals surface area contributed by atoms with Gasteiger partial charge in [0.2, 0.25) is 5.91 Å². The minimum absolute atomic E-state index is 0.116. The first kappa shape index (κ1) is 18.5. The summed E-state index contributed by atoms with van der Waals surface area (Å²) in [5.41, 5.74) is -1.01. The molecule has 0 bridgehead atoms. The highest BCUT2D eigenvalue weighted by atomic mass is 19.4. The number of halogens is 3. The number of hydrogen-bond donors (Lipinski definition) is 2. The van der Waals surface area contributed by atoms with E-state index >= 15 is 0 Å². The van der Waals surface area contributed by atoms with Crippen molar-refractivity contribution in [1.29, 1.82) is 0 Å². The Labute approximate surface area is 130 Å². The Morgan fingerprint density at radius 3 is 2.17 bits per heavy atom. The number of hydrogen-bond acceptors (Lipinski definition) is 4. The first-order valence-corrected chi connectivity index (χ1v) is 6.61. The molecular formula is C14H15F3N2O4. The van der Waals surface area contributed by atoms with Crippen molar-refractivity contribution in [2.45, 2.75) is 13.1 Å². The van der Waals surface area contributed by atoms with Crippen LogP contribution in [0.5, 0.6) is 0 Å². The highest BCUT2D eigenvalue weighted by Gasteiger charge is 2.30. The summed E-state index contributed by atoms with van der Waals surface area (Å²) in [4.78, 5) is 34.0. The second kappa shape index (κ2) is 8.16. The van der Waals surface area contributed by atoms with Gasteiger partial charge < -0.3 is 15.4 Å². The van der Waals surface area contributed by atoms with E-state index in [1.165, 1.54) is 0 Å². The Kier molecular flexibility index (Phi) is 6.55. The topological polar surface area (TPSA) is 84.5 Å². The standard InChI is InChI=1S/C14H15F3N2O4/c1-2-18-11(20)7-19-12(21)8-23-13(22)9-3-5-10(6-4-9)14(15,16)17/h3-6H,2,7-8H2,1H3,(H,18,20)(H,19,21). The van der Waals surface area contributed by atoms with Crippen molar-refractivity contribution in [1.82, 2.24) is 10.6 Å². The molecular weight excluding hydrogens is 317 g/mol. The SMILES string of the molecule is CCNC(=O)CNC(=O)COC(=O)c1ccc(C(F)(F)F)cc1. The molecule has 0 aromatic heterocycles. The summed E-state index contributed by atoms with van der Waals surface area (Å²) in [7, 11) is 0. The van der Waals surface area contributed by atoms with Gasteiger partial charge in [-0.25, -0.2) is 4.79 Å². The minimum Gasteiger partial charge on any atom is -0.452 e. The molecule has 6 nitrogen and oxygen atoms in total. The van der Waals surface area contributed by atoms with E-state index in [1.807, 2.05) is 0 Å². The third kappa shape index (κ3) is 6.37. The van der Waals surface area contributed by atoms with E-state index in [0.29, 0.717) is 6.54 Å². The molecule has 2 N–H and O–H groups in total. The van der Waals surface area contributed by atoms with E-state index in [-0.39, 0.29) is 12.1 Å².